The number of hydrogen-bond acceptors (Lipinski definition) is 7. The van der Waals surface area contributed by atoms with Crippen LogP contribution in [0.5, 0.6) is 5.75 Å². The predicted molar refractivity (Wildman–Crippen MR) is 95.8 cm³/mol. The Bertz CT molecular complexity index is 862. The van der Waals surface area contributed by atoms with E-state index >= 15 is 0 Å². The van der Waals surface area contributed by atoms with Crippen molar-refractivity contribution < 1.29 is 14.6 Å². The molecule has 5 nitrogen and oxygen atoms in total. The zero-order chi connectivity index (χ0) is 17.1. The summed E-state index contributed by atoms with van der Waals surface area (Å²) in [5.41, 5.74) is 2.88. The lowest BCUT2D eigenvalue weighted by molar-refractivity contribution is -0.140. The summed E-state index contributed by atoms with van der Waals surface area (Å²) < 4.78 is 13.4. The summed E-state index contributed by atoms with van der Waals surface area (Å²) in [7, 11) is 1.36. The average Bonchev–Trinajstić information content (AvgIpc) is 3.08. The first-order valence-electron chi connectivity index (χ1n) is 7.29. The Labute approximate surface area is 148 Å². The highest BCUT2D eigenvalue weighted by Crippen LogP contribution is 2.39. The second kappa shape index (κ2) is 7.19. The van der Waals surface area contributed by atoms with E-state index in [0.29, 0.717) is 16.6 Å². The molecule has 0 unspecified atom stereocenters. The average molecular weight is 360 g/mol. The molecule has 124 valence electrons. The molecule has 0 aliphatic heterocycles. The predicted octanol–water partition coefficient (Wildman–Crippen LogP) is 3.81. The normalized spacial score (nSPS) is 12.2. The Balaban J connectivity index is 2.14. The van der Waals surface area contributed by atoms with Gasteiger partial charge in [0.05, 0.1) is 25.3 Å². The van der Waals surface area contributed by atoms with E-state index in [2.05, 4.69) is 8.75 Å². The zero-order valence-electron chi connectivity index (χ0n) is 13.2. The molecule has 24 heavy (non-hydrogen) atoms. The third-order valence-electron chi connectivity index (χ3n) is 3.91. The van der Waals surface area contributed by atoms with Gasteiger partial charge in [-0.1, -0.05) is 12.1 Å². The van der Waals surface area contributed by atoms with Crippen molar-refractivity contribution in [3.05, 3.63) is 47.5 Å². The number of aromatic hydroxyl groups is 1. The van der Waals surface area contributed by atoms with Crippen molar-refractivity contribution in [1.29, 1.82) is 0 Å². The number of carbonyl (C=O) groups is 1. The maximum atomic E-state index is 11.9. The molecule has 0 bridgehead atoms. The quantitative estimate of drug-likeness (QED) is 0.551. The summed E-state index contributed by atoms with van der Waals surface area (Å²) in [6.07, 6.45) is 2.13. The van der Waals surface area contributed by atoms with Crippen molar-refractivity contribution in [2.24, 2.45) is 0 Å². The monoisotopic (exact) mass is 360 g/mol. The molecular formula is C17H16N2O3S2. The maximum Gasteiger partial charge on any atom is 0.306 e. The van der Waals surface area contributed by atoms with Crippen molar-refractivity contribution in [1.82, 2.24) is 8.75 Å². The lowest BCUT2D eigenvalue weighted by atomic mass is 9.87. The fraction of sp³-hybridized carbons (Fsp3) is 0.235. The first-order chi connectivity index (χ1) is 11.6. The molecule has 0 amide bonds. The molecule has 3 rings (SSSR count). The van der Waals surface area contributed by atoms with Crippen LogP contribution in [-0.2, 0) is 9.53 Å². The van der Waals surface area contributed by atoms with Gasteiger partial charge >= 0.3 is 5.97 Å². The van der Waals surface area contributed by atoms with Crippen LogP contribution in [0.2, 0.25) is 0 Å². The minimum Gasteiger partial charge on any atom is -0.508 e. The van der Waals surface area contributed by atoms with E-state index in [0.717, 1.165) is 22.2 Å². The summed E-state index contributed by atoms with van der Waals surface area (Å²) in [4.78, 5) is 13.1. The molecular weight excluding hydrogens is 344 g/mol. The van der Waals surface area contributed by atoms with Gasteiger partial charge < -0.3 is 9.84 Å². The second-order valence-corrected chi connectivity index (χ2v) is 6.64. The van der Waals surface area contributed by atoms with Gasteiger partial charge in [0.2, 0.25) is 0 Å². The van der Waals surface area contributed by atoms with Crippen LogP contribution in [0.1, 0.15) is 23.5 Å². The number of phenolic OH excluding ortho intramolecular Hbond substituents is 1. The van der Waals surface area contributed by atoms with E-state index in [1.165, 1.54) is 7.11 Å². The standard InChI is InChI=1S/C17H16N2O3S2/c1-22-15(21)9-12(10-3-5-11(23-2)6-4-10)16-14(20)8-7-13-17(16)19-24-18-13/h3-8,12,20H,9H2,1-2H3/t12-/m1/s1. The number of phenols is 1. The smallest absolute Gasteiger partial charge is 0.306 e. The van der Waals surface area contributed by atoms with Crippen molar-refractivity contribution in [3.63, 3.8) is 0 Å². The third kappa shape index (κ3) is 3.22. The molecule has 1 aromatic heterocycles. The summed E-state index contributed by atoms with van der Waals surface area (Å²) in [6.45, 7) is 0. The zero-order valence-corrected chi connectivity index (χ0v) is 14.9. The highest BCUT2D eigenvalue weighted by molar-refractivity contribution is 7.98. The number of aromatic nitrogens is 2. The minimum atomic E-state index is -0.346. The number of hydrogen-bond donors (Lipinski definition) is 1. The lowest BCUT2D eigenvalue weighted by Crippen LogP contribution is -2.11. The van der Waals surface area contributed by atoms with Gasteiger partial charge in [-0.2, -0.15) is 8.75 Å². The molecule has 0 aliphatic carbocycles. The third-order valence-corrected chi connectivity index (χ3v) is 5.20. The number of nitrogens with zero attached hydrogens (tertiary/aromatic N) is 2. The van der Waals surface area contributed by atoms with E-state index in [-0.39, 0.29) is 24.1 Å². The largest absolute Gasteiger partial charge is 0.508 e. The highest BCUT2D eigenvalue weighted by Gasteiger charge is 2.25. The number of ether oxygens (including phenoxy) is 1. The Kier molecular flexibility index (Phi) is 5.01. The van der Waals surface area contributed by atoms with Crippen LogP contribution in [0, 0.1) is 0 Å². The van der Waals surface area contributed by atoms with Gasteiger partial charge in [0.15, 0.2) is 0 Å². The van der Waals surface area contributed by atoms with E-state index in [9.17, 15) is 9.90 Å². The molecule has 0 saturated carbocycles. The van der Waals surface area contributed by atoms with Gasteiger partial charge in [-0.05, 0) is 36.1 Å². The summed E-state index contributed by atoms with van der Waals surface area (Å²) in [5, 5.41) is 10.4. The SMILES string of the molecule is COC(=O)C[C@H](c1ccc(SC)cc1)c1c(O)ccc2nsnc12. The first-order valence-corrected chi connectivity index (χ1v) is 9.24. The number of esters is 1. The van der Waals surface area contributed by atoms with Crippen LogP contribution in [-0.4, -0.2) is 33.2 Å². The van der Waals surface area contributed by atoms with E-state index in [1.54, 1.807) is 23.9 Å². The molecule has 1 atom stereocenters. The molecule has 1 heterocycles. The second-order valence-electron chi connectivity index (χ2n) is 5.24. The van der Waals surface area contributed by atoms with Crippen molar-refractivity contribution in [3.8, 4) is 5.75 Å². The molecule has 0 saturated heterocycles. The molecule has 0 spiro atoms. The van der Waals surface area contributed by atoms with Gasteiger partial charge in [0.25, 0.3) is 0 Å². The summed E-state index contributed by atoms with van der Waals surface area (Å²) >= 11 is 2.74. The number of rotatable bonds is 5. The minimum absolute atomic E-state index is 0.109. The number of fused-ring (bicyclic) bond motifs is 1. The van der Waals surface area contributed by atoms with Gasteiger partial charge in [0.1, 0.15) is 16.8 Å². The van der Waals surface area contributed by atoms with E-state index in [4.69, 9.17) is 4.74 Å². The Morgan fingerprint density at radius 1 is 1.25 bits per heavy atom. The summed E-state index contributed by atoms with van der Waals surface area (Å²) in [6, 6.07) is 11.3. The Morgan fingerprint density at radius 2 is 2.00 bits per heavy atom. The van der Waals surface area contributed by atoms with E-state index in [1.807, 2.05) is 30.5 Å². The molecule has 2 aromatic carbocycles. The molecule has 1 N–H and O–H groups in total. The molecule has 0 aliphatic rings. The molecule has 0 radical (unpaired) electrons. The summed E-state index contributed by atoms with van der Waals surface area (Å²) in [5.74, 6) is -0.576. The molecule has 0 fully saturated rings. The number of methoxy groups -OCH3 is 1. The topological polar surface area (TPSA) is 72.3 Å². The van der Waals surface area contributed by atoms with Crippen molar-refractivity contribution in [2.45, 2.75) is 17.2 Å². The van der Waals surface area contributed by atoms with Crippen LogP contribution < -0.4 is 0 Å². The Morgan fingerprint density at radius 3 is 2.67 bits per heavy atom. The van der Waals surface area contributed by atoms with Crippen LogP contribution in [0.15, 0.2) is 41.3 Å². The van der Waals surface area contributed by atoms with Crippen molar-refractivity contribution in [2.75, 3.05) is 13.4 Å². The molecule has 3 aromatic rings. The van der Waals surface area contributed by atoms with Gasteiger partial charge in [-0.15, -0.1) is 11.8 Å². The first kappa shape index (κ1) is 16.7. The highest BCUT2D eigenvalue weighted by atomic mass is 32.2. The maximum absolute atomic E-state index is 11.9. The van der Waals surface area contributed by atoms with Crippen LogP contribution in [0.4, 0.5) is 0 Å². The number of carbonyl (C=O) groups excluding carboxylic acids is 1. The number of benzene rings is 2. The van der Waals surface area contributed by atoms with E-state index < -0.39 is 0 Å². The van der Waals surface area contributed by atoms with Crippen LogP contribution in [0.25, 0.3) is 11.0 Å². The van der Waals surface area contributed by atoms with Gasteiger partial charge in [-0.25, -0.2) is 0 Å². The number of thioether (sulfide) groups is 1. The Hall–Kier alpha value is -2.12. The lowest BCUT2D eigenvalue weighted by Gasteiger charge is -2.18. The van der Waals surface area contributed by atoms with Crippen LogP contribution >= 0.6 is 23.5 Å². The molecule has 7 heteroatoms. The fourth-order valence-electron chi connectivity index (χ4n) is 2.68. The van der Waals surface area contributed by atoms with Crippen molar-refractivity contribution >= 4 is 40.5 Å². The van der Waals surface area contributed by atoms with Gasteiger partial charge in [0, 0.05) is 16.4 Å². The fourth-order valence-corrected chi connectivity index (χ4v) is 3.63. The van der Waals surface area contributed by atoms with Gasteiger partial charge in [-0.3, -0.25) is 4.79 Å². The van der Waals surface area contributed by atoms with Crippen LogP contribution in [0.3, 0.4) is 0 Å².